The summed E-state index contributed by atoms with van der Waals surface area (Å²) < 4.78 is 5.75. The molecule has 104 valence electrons. The summed E-state index contributed by atoms with van der Waals surface area (Å²) in [6, 6.07) is 9.22. The molecule has 0 bridgehead atoms. The maximum absolute atomic E-state index is 5.75. The molecule has 1 aromatic carbocycles. The molecule has 0 spiro atoms. The molecule has 1 aromatic rings. The van der Waals surface area contributed by atoms with E-state index in [-0.39, 0.29) is 0 Å². The number of nitrogens with one attached hydrogen (secondary N) is 1. The highest BCUT2D eigenvalue weighted by atomic mass is 16.5. The third kappa shape index (κ3) is 3.10. The number of hydrogen-bond acceptors (Lipinski definition) is 3. The highest BCUT2D eigenvalue weighted by molar-refractivity contribution is 5.56. The first-order valence-electron chi connectivity index (χ1n) is 7.53. The average molecular weight is 260 g/mol. The molecule has 3 rings (SSSR count). The Morgan fingerprint density at radius 2 is 2.21 bits per heavy atom. The number of hydrogen-bond donors (Lipinski definition) is 1. The molecule has 3 heteroatoms. The number of benzene rings is 1. The van der Waals surface area contributed by atoms with E-state index < -0.39 is 0 Å². The van der Waals surface area contributed by atoms with Crippen LogP contribution in [0.5, 0.6) is 0 Å². The monoisotopic (exact) mass is 260 g/mol. The predicted octanol–water partition coefficient (Wildman–Crippen LogP) is 2.52. The number of fused-ring (bicyclic) bond motifs is 1. The minimum Gasteiger partial charge on any atom is -0.380 e. The maximum Gasteiger partial charge on any atom is 0.0702 e. The molecule has 3 nitrogen and oxygen atoms in total. The van der Waals surface area contributed by atoms with Crippen molar-refractivity contribution in [2.45, 2.75) is 38.3 Å². The number of anilines is 1. The minimum atomic E-state index is 0.462. The van der Waals surface area contributed by atoms with E-state index in [0.29, 0.717) is 12.1 Å². The van der Waals surface area contributed by atoms with Crippen molar-refractivity contribution in [1.29, 1.82) is 0 Å². The summed E-state index contributed by atoms with van der Waals surface area (Å²) in [6.45, 7) is 6.51. The van der Waals surface area contributed by atoms with Crippen LogP contribution in [-0.2, 0) is 11.2 Å². The van der Waals surface area contributed by atoms with Crippen LogP contribution in [0.2, 0.25) is 0 Å². The summed E-state index contributed by atoms with van der Waals surface area (Å²) in [5.74, 6) is 0. The van der Waals surface area contributed by atoms with E-state index in [2.05, 4.69) is 41.4 Å². The molecule has 2 aliphatic heterocycles. The van der Waals surface area contributed by atoms with Crippen LogP contribution in [0.4, 0.5) is 5.69 Å². The fourth-order valence-electron chi connectivity index (χ4n) is 3.21. The first-order chi connectivity index (χ1) is 9.35. The van der Waals surface area contributed by atoms with Gasteiger partial charge in [0.05, 0.1) is 6.10 Å². The molecule has 2 atom stereocenters. The van der Waals surface area contributed by atoms with Gasteiger partial charge in [0.2, 0.25) is 0 Å². The topological polar surface area (TPSA) is 24.5 Å². The first kappa shape index (κ1) is 12.9. The lowest BCUT2D eigenvalue weighted by molar-refractivity contribution is 0.0737. The quantitative estimate of drug-likeness (QED) is 0.880. The van der Waals surface area contributed by atoms with Crippen LogP contribution in [0.15, 0.2) is 24.3 Å². The Labute approximate surface area is 115 Å². The van der Waals surface area contributed by atoms with Crippen molar-refractivity contribution in [3.63, 3.8) is 0 Å². The fourth-order valence-corrected chi connectivity index (χ4v) is 3.21. The Kier molecular flexibility index (Phi) is 4.04. The summed E-state index contributed by atoms with van der Waals surface area (Å²) in [5, 5.41) is 3.64. The Morgan fingerprint density at radius 1 is 1.32 bits per heavy atom. The lowest BCUT2D eigenvalue weighted by Gasteiger charge is -2.26. The molecule has 0 aliphatic carbocycles. The van der Waals surface area contributed by atoms with E-state index in [1.165, 1.54) is 24.1 Å². The van der Waals surface area contributed by atoms with Crippen LogP contribution in [0, 0.1) is 0 Å². The van der Waals surface area contributed by atoms with Gasteiger partial charge in [0.1, 0.15) is 0 Å². The van der Waals surface area contributed by atoms with Gasteiger partial charge in [-0.2, -0.15) is 0 Å². The lowest BCUT2D eigenvalue weighted by atomic mass is 10.1. The van der Waals surface area contributed by atoms with Gasteiger partial charge in [-0.1, -0.05) is 25.1 Å². The molecule has 1 saturated heterocycles. The van der Waals surface area contributed by atoms with Gasteiger partial charge in [-0.15, -0.1) is 0 Å². The van der Waals surface area contributed by atoms with Gasteiger partial charge in [-0.25, -0.2) is 0 Å². The summed E-state index contributed by atoms with van der Waals surface area (Å²) in [4.78, 5) is 2.53. The van der Waals surface area contributed by atoms with E-state index in [1.807, 2.05) is 0 Å². The second kappa shape index (κ2) is 5.93. The molecular weight excluding hydrogens is 236 g/mol. The maximum atomic E-state index is 5.75. The zero-order valence-electron chi connectivity index (χ0n) is 11.8. The number of rotatable bonds is 5. The average Bonchev–Trinajstić information content (AvgIpc) is 3.06. The summed E-state index contributed by atoms with van der Waals surface area (Å²) in [7, 11) is 0. The second-order valence-corrected chi connectivity index (χ2v) is 5.69. The van der Waals surface area contributed by atoms with Crippen LogP contribution in [0.25, 0.3) is 0 Å². The molecule has 0 aromatic heterocycles. The third-order valence-electron chi connectivity index (χ3n) is 4.25. The Morgan fingerprint density at radius 3 is 2.95 bits per heavy atom. The molecule has 19 heavy (non-hydrogen) atoms. The molecule has 2 unspecified atom stereocenters. The van der Waals surface area contributed by atoms with Gasteiger partial charge in [0.25, 0.3) is 0 Å². The van der Waals surface area contributed by atoms with Gasteiger partial charge in [0, 0.05) is 31.4 Å². The molecular formula is C16H24N2O. The Balaban J connectivity index is 1.53. The summed E-state index contributed by atoms with van der Waals surface area (Å²) >= 11 is 0. The molecule has 1 fully saturated rings. The normalized spacial score (nSPS) is 25.6. The molecule has 0 saturated carbocycles. The van der Waals surface area contributed by atoms with Crippen molar-refractivity contribution in [2.75, 3.05) is 31.6 Å². The molecule has 2 aliphatic rings. The predicted molar refractivity (Wildman–Crippen MR) is 78.6 cm³/mol. The number of likely N-dealkylation sites (N-methyl/N-ethyl adjacent to an activating group) is 1. The Bertz CT molecular complexity index is 390. The Hall–Kier alpha value is -1.06. The molecule has 0 radical (unpaired) electrons. The van der Waals surface area contributed by atoms with Crippen molar-refractivity contribution < 1.29 is 4.74 Å². The smallest absolute Gasteiger partial charge is 0.0702 e. The van der Waals surface area contributed by atoms with Crippen molar-refractivity contribution >= 4 is 5.69 Å². The highest BCUT2D eigenvalue weighted by Crippen LogP contribution is 2.25. The van der Waals surface area contributed by atoms with Crippen LogP contribution in [0.1, 0.15) is 25.3 Å². The fraction of sp³-hybridized carbons (Fsp3) is 0.625. The molecule has 1 N–H and O–H groups in total. The SMILES string of the molecule is CCN(CC1Cc2ccccc2N1)CC1CCCO1. The van der Waals surface area contributed by atoms with Gasteiger partial charge in [-0.05, 0) is 37.4 Å². The van der Waals surface area contributed by atoms with Gasteiger partial charge in [0.15, 0.2) is 0 Å². The first-order valence-corrected chi connectivity index (χ1v) is 7.53. The standard InChI is InChI=1S/C16H24N2O/c1-2-18(12-15-7-5-9-19-15)11-14-10-13-6-3-4-8-16(13)17-14/h3-4,6,8,14-15,17H,2,5,7,9-12H2,1H3. The number of nitrogens with zero attached hydrogens (tertiary/aromatic N) is 1. The van der Waals surface area contributed by atoms with Gasteiger partial charge < -0.3 is 10.1 Å². The minimum absolute atomic E-state index is 0.462. The van der Waals surface area contributed by atoms with E-state index in [0.717, 1.165) is 32.7 Å². The number of para-hydroxylation sites is 1. The van der Waals surface area contributed by atoms with Crippen LogP contribution in [0.3, 0.4) is 0 Å². The second-order valence-electron chi connectivity index (χ2n) is 5.69. The van der Waals surface area contributed by atoms with Gasteiger partial charge in [-0.3, -0.25) is 4.90 Å². The largest absolute Gasteiger partial charge is 0.380 e. The molecule has 0 amide bonds. The highest BCUT2D eigenvalue weighted by Gasteiger charge is 2.24. The van der Waals surface area contributed by atoms with Crippen LogP contribution >= 0.6 is 0 Å². The lowest BCUT2D eigenvalue weighted by Crippen LogP contribution is -2.39. The zero-order valence-corrected chi connectivity index (χ0v) is 11.8. The van der Waals surface area contributed by atoms with Crippen molar-refractivity contribution in [2.24, 2.45) is 0 Å². The van der Waals surface area contributed by atoms with E-state index >= 15 is 0 Å². The van der Waals surface area contributed by atoms with E-state index in [4.69, 9.17) is 4.74 Å². The third-order valence-corrected chi connectivity index (χ3v) is 4.25. The van der Waals surface area contributed by atoms with Crippen molar-refractivity contribution in [1.82, 2.24) is 4.90 Å². The van der Waals surface area contributed by atoms with E-state index in [9.17, 15) is 0 Å². The van der Waals surface area contributed by atoms with Crippen molar-refractivity contribution in [3.8, 4) is 0 Å². The number of ether oxygens (including phenoxy) is 1. The van der Waals surface area contributed by atoms with E-state index in [1.54, 1.807) is 0 Å². The van der Waals surface area contributed by atoms with Crippen LogP contribution in [-0.4, -0.2) is 43.3 Å². The zero-order chi connectivity index (χ0) is 13.1. The summed E-state index contributed by atoms with van der Waals surface area (Å²) in [6.07, 6.45) is 4.08. The molecule has 2 heterocycles. The summed E-state index contributed by atoms with van der Waals surface area (Å²) in [5.41, 5.74) is 2.78. The van der Waals surface area contributed by atoms with Gasteiger partial charge >= 0.3 is 0 Å². The van der Waals surface area contributed by atoms with Crippen molar-refractivity contribution in [3.05, 3.63) is 29.8 Å². The van der Waals surface area contributed by atoms with Crippen LogP contribution < -0.4 is 5.32 Å².